The number of hydrogen-bond acceptors (Lipinski definition) is 3. The van der Waals surface area contributed by atoms with Gasteiger partial charge in [0, 0.05) is 12.5 Å². The molecule has 0 saturated carbocycles. The Bertz CT molecular complexity index is 158. The summed E-state index contributed by atoms with van der Waals surface area (Å²) in [5.41, 5.74) is 5.17. The van der Waals surface area contributed by atoms with Crippen LogP contribution in [0.3, 0.4) is 0 Å². The number of carboxylic acid groups (broad SMARTS) is 1. The molecular weight excluding hydrogens is 148 g/mol. The van der Waals surface area contributed by atoms with Crippen LogP contribution in [0.5, 0.6) is 0 Å². The van der Waals surface area contributed by atoms with Gasteiger partial charge in [-0.3, -0.25) is 9.59 Å². The summed E-state index contributed by atoms with van der Waals surface area (Å²) in [7, 11) is 0. The van der Waals surface area contributed by atoms with Gasteiger partial charge in [-0.25, -0.2) is 0 Å². The van der Waals surface area contributed by atoms with Gasteiger partial charge >= 0.3 is 5.97 Å². The first-order valence-corrected chi connectivity index (χ1v) is 3.27. The number of carbonyl (C=O) groups excluding carboxylic acids is 1. The van der Waals surface area contributed by atoms with Crippen LogP contribution in [0.1, 0.15) is 6.92 Å². The Balaban J connectivity index is 3.60. The van der Waals surface area contributed by atoms with Crippen LogP contribution in [0.2, 0.25) is 0 Å². The van der Waals surface area contributed by atoms with Crippen molar-refractivity contribution >= 4 is 11.9 Å². The van der Waals surface area contributed by atoms with Crippen molar-refractivity contribution in [1.82, 2.24) is 5.32 Å². The van der Waals surface area contributed by atoms with E-state index in [4.69, 9.17) is 10.8 Å². The molecule has 0 aromatic rings. The molecule has 1 atom stereocenters. The Morgan fingerprint density at radius 2 is 2.18 bits per heavy atom. The van der Waals surface area contributed by atoms with Crippen molar-refractivity contribution in [3.8, 4) is 0 Å². The maximum absolute atomic E-state index is 10.8. The smallest absolute Gasteiger partial charge is 0.322 e. The van der Waals surface area contributed by atoms with Gasteiger partial charge in [0.25, 0.3) is 0 Å². The lowest BCUT2D eigenvalue weighted by Crippen LogP contribution is -2.36. The first kappa shape index (κ1) is 9.90. The predicted molar refractivity (Wildman–Crippen MR) is 38.9 cm³/mol. The largest absolute Gasteiger partial charge is 0.480 e. The average Bonchev–Trinajstić information content (AvgIpc) is 1.98. The second-order valence-corrected chi connectivity index (χ2v) is 2.25. The van der Waals surface area contributed by atoms with Gasteiger partial charge in [0.15, 0.2) is 0 Å². The minimum absolute atomic E-state index is 0.228. The van der Waals surface area contributed by atoms with Crippen LogP contribution >= 0.6 is 0 Å². The molecular formula is C6H12N2O3. The molecule has 11 heavy (non-hydrogen) atoms. The van der Waals surface area contributed by atoms with Crippen LogP contribution in [0.15, 0.2) is 0 Å². The fourth-order valence-corrected chi connectivity index (χ4v) is 0.444. The highest BCUT2D eigenvalue weighted by atomic mass is 16.4. The maximum atomic E-state index is 10.8. The molecule has 0 bridgehead atoms. The van der Waals surface area contributed by atoms with Gasteiger partial charge in [0.1, 0.15) is 6.54 Å². The molecule has 0 aliphatic heterocycles. The second kappa shape index (κ2) is 4.68. The summed E-state index contributed by atoms with van der Waals surface area (Å²) in [5.74, 6) is -1.70. The van der Waals surface area contributed by atoms with Crippen LogP contribution in [-0.4, -0.2) is 30.1 Å². The first-order valence-electron chi connectivity index (χ1n) is 3.27. The number of amides is 1. The number of nitrogens with two attached hydrogens (primary N) is 1. The van der Waals surface area contributed by atoms with Crippen LogP contribution in [0, 0.1) is 5.92 Å². The zero-order chi connectivity index (χ0) is 8.85. The summed E-state index contributed by atoms with van der Waals surface area (Å²) in [6.45, 7) is 1.52. The van der Waals surface area contributed by atoms with Crippen molar-refractivity contribution in [2.75, 3.05) is 13.1 Å². The third-order valence-corrected chi connectivity index (χ3v) is 1.21. The van der Waals surface area contributed by atoms with E-state index < -0.39 is 5.97 Å². The molecule has 0 rings (SSSR count). The molecule has 0 saturated heterocycles. The number of nitrogens with one attached hydrogen (secondary N) is 1. The minimum Gasteiger partial charge on any atom is -0.480 e. The number of aliphatic carboxylic acids is 1. The zero-order valence-electron chi connectivity index (χ0n) is 6.33. The number of rotatable bonds is 4. The van der Waals surface area contributed by atoms with Crippen LogP contribution in [0.25, 0.3) is 0 Å². The van der Waals surface area contributed by atoms with E-state index in [9.17, 15) is 9.59 Å². The van der Waals surface area contributed by atoms with Gasteiger partial charge in [-0.05, 0) is 0 Å². The second-order valence-electron chi connectivity index (χ2n) is 2.25. The zero-order valence-corrected chi connectivity index (χ0v) is 6.33. The molecule has 1 unspecified atom stereocenters. The van der Waals surface area contributed by atoms with Gasteiger partial charge in [0.2, 0.25) is 5.91 Å². The molecule has 0 heterocycles. The number of hydrogen-bond donors (Lipinski definition) is 3. The highest BCUT2D eigenvalue weighted by Gasteiger charge is 2.10. The molecule has 0 aliphatic carbocycles. The van der Waals surface area contributed by atoms with Gasteiger partial charge in [-0.1, -0.05) is 6.92 Å². The molecule has 64 valence electrons. The fraction of sp³-hybridized carbons (Fsp3) is 0.667. The molecule has 0 spiro atoms. The first-order chi connectivity index (χ1) is 5.07. The van der Waals surface area contributed by atoms with E-state index in [2.05, 4.69) is 5.32 Å². The standard InChI is InChI=1S/C6H12N2O3/c1-4(2-7)6(11)8-3-5(9)10/h4H,2-3,7H2,1H3,(H,8,11)(H,9,10). The highest BCUT2D eigenvalue weighted by Crippen LogP contribution is 1.88. The molecule has 0 radical (unpaired) electrons. The normalized spacial score (nSPS) is 12.2. The molecule has 0 aromatic heterocycles. The maximum Gasteiger partial charge on any atom is 0.322 e. The van der Waals surface area contributed by atoms with E-state index in [1.165, 1.54) is 0 Å². The molecule has 5 heteroatoms. The van der Waals surface area contributed by atoms with E-state index in [1.807, 2.05) is 0 Å². The summed E-state index contributed by atoms with van der Waals surface area (Å²) < 4.78 is 0. The summed E-state index contributed by atoms with van der Waals surface area (Å²) in [6.07, 6.45) is 0. The quantitative estimate of drug-likeness (QED) is 0.480. The average molecular weight is 160 g/mol. The highest BCUT2D eigenvalue weighted by molar-refractivity contribution is 5.82. The Labute approximate surface area is 64.6 Å². The predicted octanol–water partition coefficient (Wildman–Crippen LogP) is -1.22. The Kier molecular flexibility index (Phi) is 4.21. The van der Waals surface area contributed by atoms with E-state index in [0.717, 1.165) is 0 Å². The summed E-state index contributed by atoms with van der Waals surface area (Å²) in [4.78, 5) is 20.8. The molecule has 0 aromatic carbocycles. The molecule has 0 aliphatic rings. The van der Waals surface area contributed by atoms with Gasteiger partial charge in [-0.2, -0.15) is 0 Å². The van der Waals surface area contributed by atoms with Crippen molar-refractivity contribution in [1.29, 1.82) is 0 Å². The molecule has 5 nitrogen and oxygen atoms in total. The van der Waals surface area contributed by atoms with Gasteiger partial charge in [-0.15, -0.1) is 0 Å². The van der Waals surface area contributed by atoms with Crippen molar-refractivity contribution in [3.63, 3.8) is 0 Å². The Morgan fingerprint density at radius 3 is 2.55 bits per heavy atom. The lowest BCUT2D eigenvalue weighted by atomic mass is 10.2. The number of carbonyl (C=O) groups is 2. The van der Waals surface area contributed by atoms with Crippen molar-refractivity contribution in [2.24, 2.45) is 11.7 Å². The van der Waals surface area contributed by atoms with Crippen molar-refractivity contribution < 1.29 is 14.7 Å². The topological polar surface area (TPSA) is 92.4 Å². The lowest BCUT2D eigenvalue weighted by Gasteiger charge is -2.06. The fourth-order valence-electron chi connectivity index (χ4n) is 0.444. The third-order valence-electron chi connectivity index (χ3n) is 1.21. The van der Waals surface area contributed by atoms with Crippen molar-refractivity contribution in [2.45, 2.75) is 6.92 Å². The van der Waals surface area contributed by atoms with Gasteiger partial charge < -0.3 is 16.2 Å². The molecule has 4 N–H and O–H groups in total. The summed E-state index contributed by atoms with van der Waals surface area (Å²) in [5, 5.41) is 10.4. The van der Waals surface area contributed by atoms with Crippen LogP contribution < -0.4 is 11.1 Å². The SMILES string of the molecule is CC(CN)C(=O)NCC(=O)O. The Hall–Kier alpha value is -1.10. The van der Waals surface area contributed by atoms with Gasteiger partial charge in [0.05, 0.1) is 0 Å². The van der Waals surface area contributed by atoms with E-state index in [1.54, 1.807) is 6.92 Å². The summed E-state index contributed by atoms with van der Waals surface area (Å²) in [6, 6.07) is 0. The van der Waals surface area contributed by atoms with E-state index in [-0.39, 0.29) is 24.9 Å². The van der Waals surface area contributed by atoms with Crippen LogP contribution in [0.4, 0.5) is 0 Å². The Morgan fingerprint density at radius 1 is 1.64 bits per heavy atom. The van der Waals surface area contributed by atoms with E-state index in [0.29, 0.717) is 0 Å². The monoisotopic (exact) mass is 160 g/mol. The third kappa shape index (κ3) is 4.32. The van der Waals surface area contributed by atoms with Crippen LogP contribution in [-0.2, 0) is 9.59 Å². The number of carboxylic acids is 1. The molecule has 1 amide bonds. The molecule has 0 fully saturated rings. The van der Waals surface area contributed by atoms with E-state index >= 15 is 0 Å². The minimum atomic E-state index is -1.05. The lowest BCUT2D eigenvalue weighted by molar-refractivity contribution is -0.138. The van der Waals surface area contributed by atoms with Crippen molar-refractivity contribution in [3.05, 3.63) is 0 Å². The summed E-state index contributed by atoms with van der Waals surface area (Å²) >= 11 is 0.